The van der Waals surface area contributed by atoms with Crippen molar-refractivity contribution in [3.8, 4) is 33.6 Å². The van der Waals surface area contributed by atoms with Gasteiger partial charge in [-0.25, -0.2) is 0 Å². The number of hydrogen-bond acceptors (Lipinski definition) is 2. The number of hydrogen-bond donors (Lipinski definition) is 1. The van der Waals surface area contributed by atoms with Crippen LogP contribution in [0.5, 0.6) is 0 Å². The van der Waals surface area contributed by atoms with E-state index < -0.39 is 7.15 Å². The molecule has 0 bridgehead atoms. The molecule has 7 heteroatoms. The van der Waals surface area contributed by atoms with Gasteiger partial charge in [0.2, 0.25) is 0 Å². The molecule has 16 aromatic rings. The molecule has 0 saturated carbocycles. The van der Waals surface area contributed by atoms with Crippen molar-refractivity contribution in [1.29, 1.82) is 0 Å². The van der Waals surface area contributed by atoms with Crippen LogP contribution in [-0.2, 0) is 10.8 Å². The molecule has 0 fully saturated rings. The Labute approximate surface area is 515 Å². The van der Waals surface area contributed by atoms with Crippen LogP contribution in [0.1, 0.15) is 51.3 Å². The summed E-state index contributed by atoms with van der Waals surface area (Å²) in [5, 5.41) is 21.1. The van der Waals surface area contributed by atoms with Crippen molar-refractivity contribution in [2.45, 2.75) is 38.5 Å². The summed E-state index contributed by atoms with van der Waals surface area (Å²) >= 11 is 6.94. The van der Waals surface area contributed by atoms with Gasteiger partial charge in [-0.3, -0.25) is 4.39 Å². The Hall–Kier alpha value is -9.14. The normalized spacial score (nSPS) is 13.5. The van der Waals surface area contributed by atoms with Gasteiger partial charge in [-0.1, -0.05) is 220 Å². The molecule has 0 aliphatic heterocycles. The Kier molecular flexibility index (Phi) is 12.5. The Bertz CT molecular complexity index is 5520. The molecular formula is C79H57BBrFN3S. The van der Waals surface area contributed by atoms with Crippen LogP contribution in [0.25, 0.3) is 142 Å². The van der Waals surface area contributed by atoms with Crippen LogP contribution in [0.4, 0.5) is 4.39 Å². The van der Waals surface area contributed by atoms with Crippen molar-refractivity contribution >= 4 is 145 Å². The molecule has 14 aromatic carbocycles. The first-order chi connectivity index (χ1) is 42.5. The third kappa shape index (κ3) is 7.80. The molecule has 2 aliphatic rings. The molecule has 0 unspecified atom stereocenters. The molecule has 2 heterocycles. The predicted molar refractivity (Wildman–Crippen MR) is 374 cm³/mol. The summed E-state index contributed by atoms with van der Waals surface area (Å²) in [6.45, 7) is 9.66. The summed E-state index contributed by atoms with van der Waals surface area (Å²) in [6.07, 6.45) is 0. The Morgan fingerprint density at radius 2 is 0.686 bits per heavy atom. The minimum absolute atomic E-state index is 0.161. The second-order valence-electron chi connectivity index (χ2n) is 23.7. The van der Waals surface area contributed by atoms with Crippen LogP contribution >= 0.6 is 28.7 Å². The summed E-state index contributed by atoms with van der Waals surface area (Å²) in [4.78, 5) is 0. The maximum atomic E-state index is 9.96. The average Bonchev–Trinajstić information content (AvgIpc) is 1.61. The van der Waals surface area contributed by atoms with E-state index in [1.54, 1.807) is 0 Å². The van der Waals surface area contributed by atoms with Gasteiger partial charge in [-0.15, -0.1) is 0 Å². The van der Waals surface area contributed by atoms with Crippen LogP contribution in [0, 0.1) is 0 Å². The zero-order valence-corrected chi connectivity index (χ0v) is 50.5. The third-order valence-electron chi connectivity index (χ3n) is 18.7. The number of thiol groups is 1. The Morgan fingerprint density at radius 3 is 1.08 bits per heavy atom. The molecule has 1 radical (unpaired) electrons. The van der Waals surface area contributed by atoms with Gasteiger partial charge in [0.25, 0.3) is 0 Å². The molecule has 2 aromatic heterocycles. The van der Waals surface area contributed by atoms with Gasteiger partial charge in [0.1, 0.15) is 0 Å². The van der Waals surface area contributed by atoms with Gasteiger partial charge >= 0.3 is 24.8 Å². The van der Waals surface area contributed by atoms with Gasteiger partial charge in [0.05, 0.1) is 30.6 Å². The van der Waals surface area contributed by atoms with Crippen LogP contribution in [0.15, 0.2) is 257 Å². The molecule has 18 rings (SSSR count). The number of nitrogens with zero attached hydrogens (tertiary/aromatic N) is 3. The van der Waals surface area contributed by atoms with Crippen molar-refractivity contribution < 1.29 is 5.76 Å². The fourth-order valence-electron chi connectivity index (χ4n) is 15.2. The van der Waals surface area contributed by atoms with E-state index in [0.29, 0.717) is 0 Å². The maximum absolute atomic E-state index is 9.96. The van der Waals surface area contributed by atoms with E-state index in [0.717, 1.165) is 4.47 Å². The van der Waals surface area contributed by atoms with Crippen molar-refractivity contribution in [3.63, 3.8) is 0 Å². The van der Waals surface area contributed by atoms with Gasteiger partial charge < -0.3 is 9.13 Å². The summed E-state index contributed by atoms with van der Waals surface area (Å²) in [7, 11) is 3.34. The first-order valence-electron chi connectivity index (χ1n) is 29.8. The predicted octanol–water partition coefficient (Wildman–Crippen LogP) is 22.6. The minimum atomic E-state index is -1.00. The number of benzene rings is 14. The van der Waals surface area contributed by atoms with E-state index in [9.17, 15) is 4.39 Å². The first kappa shape index (κ1) is 52.4. The van der Waals surface area contributed by atoms with Crippen molar-refractivity contribution in [2.75, 3.05) is 7.15 Å². The number of rotatable bonds is 2. The molecule has 0 spiro atoms. The Morgan fingerprint density at radius 1 is 0.372 bits per heavy atom. The first-order valence-corrected chi connectivity index (χ1v) is 30.3. The number of fused-ring (bicyclic) bond motifs is 26. The van der Waals surface area contributed by atoms with Crippen LogP contribution in [0.3, 0.4) is 0 Å². The average molecular weight is 1190 g/mol. The quantitative estimate of drug-likeness (QED) is 0.101. The topological polar surface area (TPSA) is 22.2 Å². The summed E-state index contributed by atoms with van der Waals surface area (Å²) in [5.74, 6) is 0. The van der Waals surface area contributed by atoms with E-state index in [-0.39, 0.29) is 10.8 Å². The molecule has 0 amide bonds. The fraction of sp³-hybridized carbons (Fsp3) is 0.0886. The molecule has 0 atom stereocenters. The van der Waals surface area contributed by atoms with Crippen molar-refractivity contribution in [3.05, 3.63) is 275 Å². The molecular weight excluding hydrogens is 1130 g/mol. The monoisotopic (exact) mass is 1190 g/mol. The number of para-hydroxylation sites is 3. The summed E-state index contributed by atoms with van der Waals surface area (Å²) in [5.41, 5.74) is 18.2. The van der Waals surface area contributed by atoms with E-state index in [2.05, 4.69) is 326 Å². The van der Waals surface area contributed by atoms with E-state index in [1.807, 2.05) is 0 Å². The van der Waals surface area contributed by atoms with Gasteiger partial charge in [0, 0.05) is 48.2 Å². The zero-order valence-electron chi connectivity index (χ0n) is 49.0. The van der Waals surface area contributed by atoms with Crippen molar-refractivity contribution in [1.82, 2.24) is 9.13 Å². The van der Waals surface area contributed by atoms with E-state index >= 15 is 0 Å². The van der Waals surface area contributed by atoms with Gasteiger partial charge in [0.15, 0.2) is 0 Å². The fourth-order valence-corrected chi connectivity index (χ4v) is 15.6. The molecule has 411 valence electrons. The standard InChI is InChI=1S/C39H26BrN.C39H27N.CH3F.BHNS/c1-39(2)35-22-32-28-15-9-7-13-26(28)25-12-6-8-14-27(25)31(32)21-33(35)29-17-18-30-34-20-23(40)16-19-36(34)41(38(30)37(29)39)24-10-4-3-5-11-24;1-39(2)35-23-33-28-17-9-7-15-26(28)25-14-6-8-16-27(25)32(33)22-34(35)30-20-21-31-29-18-10-11-19-36(29)40(38(31)37(30)39)24-12-4-3-5-13-24;1-2;1-2-3/h3-22H,1-2H3;3-23H,1-2H3;1H3;3H/i;;1D;. The summed E-state index contributed by atoms with van der Waals surface area (Å²) < 4.78 is 24.3. The molecule has 2 aliphatic carbocycles. The number of alkyl halides is 1. The van der Waals surface area contributed by atoms with Gasteiger partial charge in [-0.05, 0) is 182 Å². The molecule has 3 nitrogen and oxygen atoms in total. The Balaban J connectivity index is 0.000000135. The van der Waals surface area contributed by atoms with Crippen LogP contribution < -0.4 is 0 Å². The second kappa shape index (κ2) is 20.5. The zero-order chi connectivity index (χ0) is 59.5. The second-order valence-corrected chi connectivity index (χ2v) is 24.9. The molecule has 86 heavy (non-hydrogen) atoms. The van der Waals surface area contributed by atoms with Gasteiger partial charge in [-0.2, -0.15) is 0 Å². The number of aromatic nitrogens is 2. The van der Waals surface area contributed by atoms with E-state index in [1.165, 1.54) is 164 Å². The SMILES string of the molecule is CC1(C)c2cc3c4ccccc4c4ccccc4c3cc2-c2ccc3c4cc(Br)ccc4n(-c4ccccc4)c3c21.CC1(C)c2cc3c4ccccc4c4ccccc4c3cc2-c2ccc3c4ccccc4n(-c4ccccc4)c3c21.[2H]CF.[B]=NS. The third-order valence-corrected chi connectivity index (χ3v) is 19.2. The summed E-state index contributed by atoms with van der Waals surface area (Å²) in [6, 6.07) is 92.1. The van der Waals surface area contributed by atoms with Crippen LogP contribution in [0.2, 0.25) is 0 Å². The molecule has 0 N–H and O–H groups in total. The molecule has 0 saturated heterocycles. The number of halogens is 2. The van der Waals surface area contributed by atoms with Crippen molar-refractivity contribution in [2.24, 2.45) is 4.30 Å². The van der Waals surface area contributed by atoms with Crippen LogP contribution in [-0.4, -0.2) is 23.9 Å². The van der Waals surface area contributed by atoms with E-state index in [4.69, 9.17) is 1.37 Å².